The van der Waals surface area contributed by atoms with Crippen molar-refractivity contribution in [2.45, 2.75) is 32.3 Å². The molecule has 0 atom stereocenters. The lowest BCUT2D eigenvalue weighted by Crippen LogP contribution is -2.09. The van der Waals surface area contributed by atoms with Gasteiger partial charge in [-0.05, 0) is 30.9 Å². The van der Waals surface area contributed by atoms with Gasteiger partial charge in [-0.25, -0.2) is 0 Å². The van der Waals surface area contributed by atoms with Crippen molar-refractivity contribution in [3.05, 3.63) is 24.0 Å². The zero-order valence-corrected chi connectivity index (χ0v) is 9.48. The highest BCUT2D eigenvalue weighted by molar-refractivity contribution is 5.41. The van der Waals surface area contributed by atoms with E-state index >= 15 is 0 Å². The van der Waals surface area contributed by atoms with Crippen molar-refractivity contribution in [3.63, 3.8) is 0 Å². The van der Waals surface area contributed by atoms with Gasteiger partial charge in [0.15, 0.2) is 0 Å². The molecule has 1 aromatic heterocycles. The fraction of sp³-hybridized carbons (Fsp3) is 0.583. The number of rotatable bonds is 5. The van der Waals surface area contributed by atoms with Crippen molar-refractivity contribution in [1.82, 2.24) is 4.98 Å². The van der Waals surface area contributed by atoms with Crippen LogP contribution in [0.15, 0.2) is 18.3 Å². The highest BCUT2D eigenvalue weighted by Crippen LogP contribution is 2.24. The maximum absolute atomic E-state index is 5.67. The quantitative estimate of drug-likeness (QED) is 0.590. The molecule has 0 amide bonds. The Morgan fingerprint density at radius 1 is 1.44 bits per heavy atom. The van der Waals surface area contributed by atoms with Crippen LogP contribution in [0.4, 0.5) is 5.69 Å². The summed E-state index contributed by atoms with van der Waals surface area (Å²) in [5.74, 6) is 6.09. The second-order valence-corrected chi connectivity index (χ2v) is 4.35. The average molecular weight is 221 g/mol. The highest BCUT2D eigenvalue weighted by Gasteiger charge is 2.14. The van der Waals surface area contributed by atoms with Gasteiger partial charge in [0.05, 0.1) is 18.0 Å². The molecule has 1 heterocycles. The summed E-state index contributed by atoms with van der Waals surface area (Å²) in [4.78, 5) is 4.23. The van der Waals surface area contributed by atoms with Gasteiger partial charge in [-0.1, -0.05) is 12.8 Å². The summed E-state index contributed by atoms with van der Waals surface area (Å²) in [6.45, 7) is 1.44. The second-order valence-electron chi connectivity index (χ2n) is 4.35. The number of hydrogen-bond donors (Lipinski definition) is 2. The summed E-state index contributed by atoms with van der Waals surface area (Å²) in [6, 6.07) is 3.75. The van der Waals surface area contributed by atoms with Gasteiger partial charge in [-0.3, -0.25) is 10.8 Å². The van der Waals surface area contributed by atoms with Crippen LogP contribution in [0, 0.1) is 5.92 Å². The fourth-order valence-electron chi connectivity index (χ4n) is 2.15. The Bertz CT molecular complexity index is 324. The Morgan fingerprint density at radius 3 is 3.00 bits per heavy atom. The number of nitrogens with two attached hydrogens (primary N) is 1. The van der Waals surface area contributed by atoms with Gasteiger partial charge >= 0.3 is 0 Å². The van der Waals surface area contributed by atoms with Crippen LogP contribution in [0.25, 0.3) is 0 Å². The number of ether oxygens (including phenoxy) is 1. The lowest BCUT2D eigenvalue weighted by atomic mass is 10.1. The molecule has 3 N–H and O–H groups in total. The molecule has 0 aromatic carbocycles. The van der Waals surface area contributed by atoms with E-state index in [0.717, 1.165) is 23.9 Å². The third kappa shape index (κ3) is 3.18. The van der Waals surface area contributed by atoms with Crippen molar-refractivity contribution in [2.75, 3.05) is 12.0 Å². The van der Waals surface area contributed by atoms with Crippen LogP contribution in [0.5, 0.6) is 0 Å². The van der Waals surface area contributed by atoms with Crippen LogP contribution in [0.3, 0.4) is 0 Å². The van der Waals surface area contributed by atoms with E-state index in [1.807, 2.05) is 12.1 Å². The molecule has 0 unspecified atom stereocenters. The van der Waals surface area contributed by atoms with Crippen LogP contribution in [0.1, 0.15) is 31.4 Å². The minimum absolute atomic E-state index is 0.575. The Kier molecular flexibility index (Phi) is 4.13. The van der Waals surface area contributed by atoms with Crippen molar-refractivity contribution >= 4 is 5.69 Å². The summed E-state index contributed by atoms with van der Waals surface area (Å²) in [6.07, 6.45) is 7.09. The SMILES string of the molecule is NNc1ccnc(COCC2CCCC2)c1. The standard InChI is InChI=1S/C12H19N3O/c13-15-11-5-6-14-12(7-11)9-16-8-10-3-1-2-4-10/h5-7,10H,1-4,8-9,13H2,(H,14,15). The number of nitrogens with one attached hydrogen (secondary N) is 1. The van der Waals surface area contributed by atoms with Crippen LogP contribution in [0.2, 0.25) is 0 Å². The van der Waals surface area contributed by atoms with E-state index in [4.69, 9.17) is 10.6 Å². The second kappa shape index (κ2) is 5.82. The topological polar surface area (TPSA) is 60.2 Å². The molecular formula is C12H19N3O. The molecule has 1 aliphatic rings. The third-order valence-corrected chi connectivity index (χ3v) is 3.06. The molecule has 4 heteroatoms. The van der Waals surface area contributed by atoms with E-state index in [0.29, 0.717) is 6.61 Å². The first kappa shape index (κ1) is 11.4. The fourth-order valence-corrected chi connectivity index (χ4v) is 2.15. The Balaban J connectivity index is 1.75. The summed E-state index contributed by atoms with van der Waals surface area (Å²) in [5.41, 5.74) is 4.40. The zero-order valence-electron chi connectivity index (χ0n) is 9.48. The van der Waals surface area contributed by atoms with Crippen molar-refractivity contribution in [1.29, 1.82) is 0 Å². The van der Waals surface area contributed by atoms with Crippen LogP contribution >= 0.6 is 0 Å². The molecule has 4 nitrogen and oxygen atoms in total. The smallest absolute Gasteiger partial charge is 0.0888 e. The largest absolute Gasteiger partial charge is 0.375 e. The number of hydrazine groups is 1. The van der Waals surface area contributed by atoms with Gasteiger partial charge in [0.2, 0.25) is 0 Å². The molecule has 0 spiro atoms. The summed E-state index contributed by atoms with van der Waals surface area (Å²) in [5, 5.41) is 0. The number of hydrogen-bond acceptors (Lipinski definition) is 4. The molecule has 0 radical (unpaired) electrons. The number of pyridine rings is 1. The maximum atomic E-state index is 5.67. The molecular weight excluding hydrogens is 202 g/mol. The number of nitrogens with zero attached hydrogens (tertiary/aromatic N) is 1. The Morgan fingerprint density at radius 2 is 2.25 bits per heavy atom. The molecule has 2 rings (SSSR count). The van der Waals surface area contributed by atoms with E-state index in [9.17, 15) is 0 Å². The van der Waals surface area contributed by atoms with Gasteiger partial charge < -0.3 is 10.2 Å². The average Bonchev–Trinajstić information content (AvgIpc) is 2.82. The minimum atomic E-state index is 0.575. The van der Waals surface area contributed by atoms with Gasteiger partial charge in [-0.15, -0.1) is 0 Å². The summed E-state index contributed by atoms with van der Waals surface area (Å²) < 4.78 is 5.67. The van der Waals surface area contributed by atoms with Crippen LogP contribution in [-0.2, 0) is 11.3 Å². The lowest BCUT2D eigenvalue weighted by Gasteiger charge is -2.09. The third-order valence-electron chi connectivity index (χ3n) is 3.06. The summed E-state index contributed by atoms with van der Waals surface area (Å²) in [7, 11) is 0. The number of anilines is 1. The minimum Gasteiger partial charge on any atom is -0.375 e. The number of nitrogen functional groups attached to an aromatic ring is 1. The molecule has 1 aliphatic carbocycles. The van der Waals surface area contributed by atoms with Crippen molar-refractivity contribution in [3.8, 4) is 0 Å². The van der Waals surface area contributed by atoms with Gasteiger partial charge in [0.25, 0.3) is 0 Å². The van der Waals surface area contributed by atoms with Gasteiger partial charge in [0.1, 0.15) is 0 Å². The zero-order chi connectivity index (χ0) is 11.2. The van der Waals surface area contributed by atoms with Crippen LogP contribution < -0.4 is 11.3 Å². The van der Waals surface area contributed by atoms with Gasteiger partial charge in [-0.2, -0.15) is 0 Å². The first-order chi connectivity index (χ1) is 7.88. The van der Waals surface area contributed by atoms with Crippen LogP contribution in [-0.4, -0.2) is 11.6 Å². The van der Waals surface area contributed by atoms with E-state index in [1.54, 1.807) is 6.20 Å². The highest BCUT2D eigenvalue weighted by atomic mass is 16.5. The molecule has 1 aromatic rings. The monoisotopic (exact) mass is 221 g/mol. The van der Waals surface area contributed by atoms with E-state index in [-0.39, 0.29) is 0 Å². The normalized spacial score (nSPS) is 16.6. The number of aromatic nitrogens is 1. The van der Waals surface area contributed by atoms with E-state index < -0.39 is 0 Å². The van der Waals surface area contributed by atoms with E-state index in [2.05, 4.69) is 10.4 Å². The first-order valence-corrected chi connectivity index (χ1v) is 5.88. The predicted molar refractivity (Wildman–Crippen MR) is 63.7 cm³/mol. The molecule has 16 heavy (non-hydrogen) atoms. The molecule has 1 fully saturated rings. The molecule has 1 saturated carbocycles. The predicted octanol–water partition coefficient (Wildman–Crippen LogP) is 2.07. The van der Waals surface area contributed by atoms with Crippen molar-refractivity contribution < 1.29 is 4.74 Å². The molecule has 0 bridgehead atoms. The Hall–Kier alpha value is -1.13. The van der Waals surface area contributed by atoms with Gasteiger partial charge in [0, 0.05) is 12.8 Å². The van der Waals surface area contributed by atoms with E-state index in [1.165, 1.54) is 25.7 Å². The first-order valence-electron chi connectivity index (χ1n) is 5.88. The van der Waals surface area contributed by atoms with Crippen molar-refractivity contribution in [2.24, 2.45) is 11.8 Å². The molecule has 88 valence electrons. The molecule has 0 aliphatic heterocycles. The maximum Gasteiger partial charge on any atom is 0.0888 e. The Labute approximate surface area is 96.2 Å². The lowest BCUT2D eigenvalue weighted by molar-refractivity contribution is 0.0867. The molecule has 0 saturated heterocycles. The summed E-state index contributed by atoms with van der Waals surface area (Å²) >= 11 is 0.